The van der Waals surface area contributed by atoms with Gasteiger partial charge in [-0.1, -0.05) is 11.6 Å². The number of phenols is 1. The highest BCUT2D eigenvalue weighted by Crippen LogP contribution is 2.22. The van der Waals surface area contributed by atoms with Gasteiger partial charge in [0.1, 0.15) is 11.3 Å². The summed E-state index contributed by atoms with van der Waals surface area (Å²) in [6.45, 7) is 0.261. The number of ether oxygens (including phenoxy) is 1. The van der Waals surface area contributed by atoms with E-state index in [1.807, 2.05) is 0 Å². The Labute approximate surface area is 138 Å². The number of halogens is 1. The van der Waals surface area contributed by atoms with E-state index in [0.29, 0.717) is 19.4 Å². The molecule has 1 aromatic rings. The van der Waals surface area contributed by atoms with Gasteiger partial charge < -0.3 is 20.5 Å². The van der Waals surface area contributed by atoms with Gasteiger partial charge in [-0.05, 0) is 31.0 Å². The summed E-state index contributed by atoms with van der Waals surface area (Å²) < 4.78 is 4.91. The van der Waals surface area contributed by atoms with Crippen LogP contribution in [-0.2, 0) is 14.3 Å². The van der Waals surface area contributed by atoms with E-state index in [9.17, 15) is 19.5 Å². The number of rotatable bonds is 4. The number of nitrogens with zero attached hydrogens (tertiary/aromatic N) is 1. The molecule has 2 rings (SSSR count). The van der Waals surface area contributed by atoms with Crippen molar-refractivity contribution in [3.8, 4) is 5.75 Å². The van der Waals surface area contributed by atoms with E-state index in [-0.39, 0.29) is 28.8 Å². The Hall–Kier alpha value is -2.28. The molecule has 1 atom stereocenters. The molecule has 0 spiro atoms. The number of likely N-dealkylation sites (tertiary alicyclic amines) is 1. The predicted molar refractivity (Wildman–Crippen MR) is 81.9 cm³/mol. The quantitative estimate of drug-likeness (QED) is 0.792. The zero-order chi connectivity index (χ0) is 17.0. The highest BCUT2D eigenvalue weighted by molar-refractivity contribution is 6.30. The maximum atomic E-state index is 12.1. The van der Waals surface area contributed by atoms with E-state index < -0.39 is 24.4 Å². The number of carbonyl (C=O) groups is 3. The number of nitrogens with two attached hydrogens (primary N) is 1. The Morgan fingerprint density at radius 2 is 2.13 bits per heavy atom. The summed E-state index contributed by atoms with van der Waals surface area (Å²) in [6, 6.07) is 3.96. The fourth-order valence-corrected chi connectivity index (χ4v) is 2.58. The van der Waals surface area contributed by atoms with Crippen LogP contribution in [0.25, 0.3) is 0 Å². The Morgan fingerprint density at radius 3 is 2.78 bits per heavy atom. The first-order valence-corrected chi connectivity index (χ1v) is 7.49. The number of hydrogen-bond donors (Lipinski definition) is 2. The first-order valence-electron chi connectivity index (χ1n) is 7.11. The topological polar surface area (TPSA) is 110 Å². The molecule has 0 unspecified atom stereocenters. The molecule has 7 nitrogen and oxygen atoms in total. The van der Waals surface area contributed by atoms with Crippen molar-refractivity contribution >= 4 is 29.4 Å². The minimum absolute atomic E-state index is 0.0733. The van der Waals surface area contributed by atoms with Crippen molar-refractivity contribution in [2.45, 2.75) is 12.8 Å². The molecule has 8 heteroatoms. The summed E-state index contributed by atoms with van der Waals surface area (Å²) in [7, 11) is 0. The van der Waals surface area contributed by atoms with Gasteiger partial charge in [-0.2, -0.15) is 0 Å². The van der Waals surface area contributed by atoms with E-state index in [1.165, 1.54) is 23.1 Å². The van der Waals surface area contributed by atoms with Crippen LogP contribution in [0.4, 0.5) is 0 Å². The number of piperidine rings is 1. The van der Waals surface area contributed by atoms with E-state index in [1.54, 1.807) is 0 Å². The van der Waals surface area contributed by atoms with Gasteiger partial charge in [0.15, 0.2) is 6.61 Å². The van der Waals surface area contributed by atoms with Crippen molar-refractivity contribution in [1.82, 2.24) is 4.90 Å². The van der Waals surface area contributed by atoms with Gasteiger partial charge in [0.05, 0.1) is 5.92 Å². The second-order valence-electron chi connectivity index (χ2n) is 5.32. The predicted octanol–water partition coefficient (Wildman–Crippen LogP) is 0.926. The maximum absolute atomic E-state index is 12.1. The average molecular weight is 341 g/mol. The van der Waals surface area contributed by atoms with Gasteiger partial charge in [0, 0.05) is 18.1 Å². The number of aromatic hydroxyl groups is 1. The first-order chi connectivity index (χ1) is 10.9. The minimum Gasteiger partial charge on any atom is -0.507 e. The molecule has 1 aliphatic rings. The van der Waals surface area contributed by atoms with Crippen LogP contribution < -0.4 is 5.73 Å². The van der Waals surface area contributed by atoms with Gasteiger partial charge in [-0.15, -0.1) is 0 Å². The van der Waals surface area contributed by atoms with Crippen molar-refractivity contribution in [3.05, 3.63) is 28.8 Å². The van der Waals surface area contributed by atoms with Gasteiger partial charge in [0.25, 0.3) is 5.91 Å². The SMILES string of the molecule is NC(=O)[C@H]1CCCN(C(=O)COC(=O)c2ccc(Cl)cc2O)C1. The minimum atomic E-state index is -0.823. The molecule has 0 bridgehead atoms. The Kier molecular flexibility index (Phi) is 5.44. The molecule has 124 valence electrons. The smallest absolute Gasteiger partial charge is 0.342 e. The standard InChI is InChI=1S/C15H17ClN2O5/c16-10-3-4-11(12(19)6-10)15(22)23-8-13(20)18-5-1-2-9(7-18)14(17)21/h3-4,6,9,19H,1-2,5,7-8H2,(H2,17,21)/t9-/m0/s1. The van der Waals surface area contributed by atoms with Crippen molar-refractivity contribution in [3.63, 3.8) is 0 Å². The third-order valence-electron chi connectivity index (χ3n) is 3.68. The fraction of sp³-hybridized carbons (Fsp3) is 0.400. The van der Waals surface area contributed by atoms with Gasteiger partial charge >= 0.3 is 5.97 Å². The van der Waals surface area contributed by atoms with E-state index in [2.05, 4.69) is 0 Å². The summed E-state index contributed by atoms with van der Waals surface area (Å²) in [5.41, 5.74) is 5.18. The number of benzene rings is 1. The molecule has 1 aromatic carbocycles. The third-order valence-corrected chi connectivity index (χ3v) is 3.92. The zero-order valence-corrected chi connectivity index (χ0v) is 13.1. The molecular weight excluding hydrogens is 324 g/mol. The van der Waals surface area contributed by atoms with Gasteiger partial charge in [0.2, 0.25) is 5.91 Å². The van der Waals surface area contributed by atoms with Crippen LogP contribution in [0.2, 0.25) is 5.02 Å². The van der Waals surface area contributed by atoms with Crippen LogP contribution in [-0.4, -0.2) is 47.5 Å². The fourth-order valence-electron chi connectivity index (χ4n) is 2.41. The van der Waals surface area contributed by atoms with Crippen molar-refractivity contribution in [2.75, 3.05) is 19.7 Å². The molecule has 23 heavy (non-hydrogen) atoms. The van der Waals surface area contributed by atoms with E-state index >= 15 is 0 Å². The molecule has 0 aliphatic carbocycles. The van der Waals surface area contributed by atoms with E-state index in [4.69, 9.17) is 22.1 Å². The number of amides is 2. The van der Waals surface area contributed by atoms with Gasteiger partial charge in [-0.3, -0.25) is 9.59 Å². The molecular formula is C15H17ClN2O5. The molecule has 1 heterocycles. The highest BCUT2D eigenvalue weighted by Gasteiger charge is 2.27. The van der Waals surface area contributed by atoms with Crippen LogP contribution >= 0.6 is 11.6 Å². The normalized spacial score (nSPS) is 17.6. The highest BCUT2D eigenvalue weighted by atomic mass is 35.5. The van der Waals surface area contributed by atoms with E-state index in [0.717, 1.165) is 0 Å². The molecule has 1 aliphatic heterocycles. The molecule has 2 amide bonds. The summed E-state index contributed by atoms with van der Waals surface area (Å²) in [4.78, 5) is 36.6. The summed E-state index contributed by atoms with van der Waals surface area (Å²) >= 11 is 5.68. The summed E-state index contributed by atoms with van der Waals surface area (Å²) in [5.74, 6) is -2.36. The summed E-state index contributed by atoms with van der Waals surface area (Å²) in [6.07, 6.45) is 1.32. The third kappa shape index (κ3) is 4.35. The maximum Gasteiger partial charge on any atom is 0.342 e. The Balaban J connectivity index is 1.91. The Bertz CT molecular complexity index is 634. The van der Waals surface area contributed by atoms with Crippen molar-refractivity contribution in [1.29, 1.82) is 0 Å². The lowest BCUT2D eigenvalue weighted by Gasteiger charge is -2.31. The molecule has 0 aromatic heterocycles. The summed E-state index contributed by atoms with van der Waals surface area (Å²) in [5, 5.41) is 9.92. The van der Waals surface area contributed by atoms with Crippen LogP contribution in [0, 0.1) is 5.92 Å². The molecule has 3 N–H and O–H groups in total. The van der Waals surface area contributed by atoms with Gasteiger partial charge in [-0.25, -0.2) is 4.79 Å². The van der Waals surface area contributed by atoms with Crippen LogP contribution in [0.3, 0.4) is 0 Å². The molecule has 0 saturated carbocycles. The number of hydrogen-bond acceptors (Lipinski definition) is 5. The zero-order valence-electron chi connectivity index (χ0n) is 12.3. The van der Waals surface area contributed by atoms with Crippen molar-refractivity contribution < 1.29 is 24.2 Å². The van der Waals surface area contributed by atoms with Crippen molar-refractivity contribution in [2.24, 2.45) is 11.7 Å². The van der Waals surface area contributed by atoms with Crippen LogP contribution in [0.15, 0.2) is 18.2 Å². The lowest BCUT2D eigenvalue weighted by Crippen LogP contribution is -2.45. The molecule has 1 fully saturated rings. The lowest BCUT2D eigenvalue weighted by atomic mass is 9.97. The lowest BCUT2D eigenvalue weighted by molar-refractivity contribution is -0.137. The second kappa shape index (κ2) is 7.32. The van der Waals surface area contributed by atoms with Crippen LogP contribution in [0.5, 0.6) is 5.75 Å². The molecule has 1 saturated heterocycles. The second-order valence-corrected chi connectivity index (χ2v) is 5.76. The number of carbonyl (C=O) groups excluding carboxylic acids is 3. The first kappa shape index (κ1) is 17.1. The number of phenolic OH excluding ortho intramolecular Hbond substituents is 1. The number of esters is 1. The monoisotopic (exact) mass is 340 g/mol. The van der Waals surface area contributed by atoms with Crippen LogP contribution in [0.1, 0.15) is 23.2 Å². The number of primary amides is 1. The Morgan fingerprint density at radius 1 is 1.39 bits per heavy atom. The average Bonchev–Trinajstić information content (AvgIpc) is 2.52. The molecule has 0 radical (unpaired) electrons. The largest absolute Gasteiger partial charge is 0.507 e.